The zero-order valence-corrected chi connectivity index (χ0v) is 10.8. The van der Waals surface area contributed by atoms with Gasteiger partial charge in [0.15, 0.2) is 0 Å². The number of nitrogens with zero attached hydrogens (tertiary/aromatic N) is 1. The lowest BCUT2D eigenvalue weighted by Crippen LogP contribution is -2.13. The minimum atomic E-state index is -0.572. The number of carbonyl (C=O) groups excluding carboxylic acids is 1. The van der Waals surface area contributed by atoms with Crippen LogP contribution in [-0.2, 0) is 0 Å². The zero-order chi connectivity index (χ0) is 14.7. The fourth-order valence-electron chi connectivity index (χ4n) is 1.76. The van der Waals surface area contributed by atoms with Crippen LogP contribution in [0.4, 0.5) is 15.8 Å². The number of aryl methyl sites for hydroxylation is 1. The van der Waals surface area contributed by atoms with E-state index >= 15 is 0 Å². The summed E-state index contributed by atoms with van der Waals surface area (Å²) >= 11 is 0. The van der Waals surface area contributed by atoms with E-state index in [2.05, 4.69) is 5.32 Å². The molecule has 0 aliphatic heterocycles. The zero-order valence-electron chi connectivity index (χ0n) is 10.8. The van der Waals surface area contributed by atoms with Crippen molar-refractivity contribution in [1.82, 2.24) is 0 Å². The Labute approximate surface area is 115 Å². The Kier molecular flexibility index (Phi) is 3.67. The van der Waals surface area contributed by atoms with E-state index < -0.39 is 11.7 Å². The molecule has 2 aromatic rings. The number of hydrogen-bond donors (Lipinski definition) is 2. The first kappa shape index (κ1) is 13.6. The highest BCUT2D eigenvalue weighted by atomic mass is 19.1. The number of carbonyl (C=O) groups is 1. The van der Waals surface area contributed by atoms with Gasteiger partial charge in [-0.25, -0.2) is 4.39 Å². The second kappa shape index (κ2) is 5.41. The highest BCUT2D eigenvalue weighted by Crippen LogP contribution is 2.18. The van der Waals surface area contributed by atoms with Gasteiger partial charge in [-0.05, 0) is 42.8 Å². The number of nitrogen functional groups attached to an aromatic ring is 1. The van der Waals surface area contributed by atoms with E-state index in [-0.39, 0.29) is 11.3 Å². The van der Waals surface area contributed by atoms with Crippen LogP contribution in [0.2, 0.25) is 0 Å². The molecule has 0 saturated heterocycles. The van der Waals surface area contributed by atoms with Crippen LogP contribution in [0, 0.1) is 24.1 Å². The molecule has 1 amide bonds. The molecule has 0 heterocycles. The van der Waals surface area contributed by atoms with Gasteiger partial charge in [-0.3, -0.25) is 4.79 Å². The van der Waals surface area contributed by atoms with E-state index in [4.69, 9.17) is 11.0 Å². The number of hydrogen-bond acceptors (Lipinski definition) is 3. The number of nitrogens with one attached hydrogen (secondary N) is 1. The van der Waals surface area contributed by atoms with Crippen molar-refractivity contribution >= 4 is 17.3 Å². The number of rotatable bonds is 2. The number of amides is 1. The van der Waals surface area contributed by atoms with E-state index in [1.165, 1.54) is 6.07 Å². The summed E-state index contributed by atoms with van der Waals surface area (Å²) in [6.45, 7) is 1.80. The monoisotopic (exact) mass is 269 g/mol. The van der Waals surface area contributed by atoms with Crippen molar-refractivity contribution in [3.8, 4) is 6.07 Å². The van der Waals surface area contributed by atoms with Crippen molar-refractivity contribution in [2.24, 2.45) is 0 Å². The molecule has 2 rings (SSSR count). The van der Waals surface area contributed by atoms with Crippen LogP contribution < -0.4 is 11.1 Å². The smallest absolute Gasteiger partial charge is 0.255 e. The fraction of sp³-hybridized carbons (Fsp3) is 0.0667. The summed E-state index contributed by atoms with van der Waals surface area (Å²) in [4.78, 5) is 12.1. The van der Waals surface area contributed by atoms with Gasteiger partial charge in [0.2, 0.25) is 0 Å². The first-order valence-electron chi connectivity index (χ1n) is 5.88. The Bertz CT molecular complexity index is 699. The SMILES string of the molecule is Cc1ccc(C#N)cc1NC(=O)c1cc(N)cc(F)c1. The van der Waals surface area contributed by atoms with Crippen LogP contribution in [0.1, 0.15) is 21.5 Å². The van der Waals surface area contributed by atoms with Gasteiger partial charge in [-0.1, -0.05) is 6.07 Å². The van der Waals surface area contributed by atoms with Gasteiger partial charge in [0, 0.05) is 16.9 Å². The van der Waals surface area contributed by atoms with Crippen LogP contribution in [0.25, 0.3) is 0 Å². The molecule has 3 N–H and O–H groups in total. The maximum atomic E-state index is 13.2. The molecule has 0 spiro atoms. The highest BCUT2D eigenvalue weighted by molar-refractivity contribution is 6.05. The summed E-state index contributed by atoms with van der Waals surface area (Å²) in [5, 5.41) is 11.5. The molecule has 100 valence electrons. The van der Waals surface area contributed by atoms with Crippen molar-refractivity contribution in [3.63, 3.8) is 0 Å². The molecule has 5 heteroatoms. The van der Waals surface area contributed by atoms with Gasteiger partial charge >= 0.3 is 0 Å². The van der Waals surface area contributed by atoms with Crippen molar-refractivity contribution in [3.05, 3.63) is 58.9 Å². The van der Waals surface area contributed by atoms with E-state index in [0.717, 1.165) is 17.7 Å². The molecule has 0 atom stereocenters. The van der Waals surface area contributed by atoms with Crippen LogP contribution in [0.3, 0.4) is 0 Å². The fourth-order valence-corrected chi connectivity index (χ4v) is 1.76. The summed E-state index contributed by atoms with van der Waals surface area (Å²) in [6.07, 6.45) is 0. The summed E-state index contributed by atoms with van der Waals surface area (Å²) in [5.74, 6) is -1.05. The Morgan fingerprint density at radius 1 is 1.30 bits per heavy atom. The van der Waals surface area contributed by atoms with E-state index in [9.17, 15) is 9.18 Å². The first-order chi connectivity index (χ1) is 9.49. The van der Waals surface area contributed by atoms with Crippen LogP contribution >= 0.6 is 0 Å². The predicted octanol–water partition coefficient (Wildman–Crippen LogP) is 2.84. The Balaban J connectivity index is 2.30. The molecule has 0 radical (unpaired) electrons. The van der Waals surface area contributed by atoms with E-state index in [1.54, 1.807) is 25.1 Å². The number of anilines is 2. The van der Waals surface area contributed by atoms with Crippen molar-refractivity contribution in [1.29, 1.82) is 5.26 Å². The van der Waals surface area contributed by atoms with Gasteiger partial charge in [0.1, 0.15) is 5.82 Å². The standard InChI is InChI=1S/C15H12FN3O/c1-9-2-3-10(8-17)4-14(9)19-15(20)11-5-12(16)7-13(18)6-11/h2-7H,18H2,1H3,(H,19,20). The third-order valence-corrected chi connectivity index (χ3v) is 2.80. The lowest BCUT2D eigenvalue weighted by Gasteiger charge is -2.09. The number of nitrogens with two attached hydrogens (primary N) is 1. The minimum Gasteiger partial charge on any atom is -0.399 e. The molecule has 0 aromatic heterocycles. The molecule has 20 heavy (non-hydrogen) atoms. The van der Waals surface area contributed by atoms with Gasteiger partial charge in [0.25, 0.3) is 5.91 Å². The second-order valence-corrected chi connectivity index (χ2v) is 4.37. The molecule has 2 aromatic carbocycles. The summed E-state index contributed by atoms with van der Waals surface area (Å²) in [5.41, 5.74) is 7.56. The predicted molar refractivity (Wildman–Crippen MR) is 74.7 cm³/mol. The Morgan fingerprint density at radius 2 is 2.05 bits per heavy atom. The number of halogens is 1. The molecule has 4 nitrogen and oxygen atoms in total. The molecule has 0 aliphatic carbocycles. The molecule has 0 unspecified atom stereocenters. The third-order valence-electron chi connectivity index (χ3n) is 2.80. The highest BCUT2D eigenvalue weighted by Gasteiger charge is 2.10. The first-order valence-corrected chi connectivity index (χ1v) is 5.88. The lowest BCUT2D eigenvalue weighted by molar-refractivity contribution is 0.102. The van der Waals surface area contributed by atoms with Crippen LogP contribution in [0.5, 0.6) is 0 Å². The molecular weight excluding hydrogens is 257 g/mol. The topological polar surface area (TPSA) is 78.9 Å². The average Bonchev–Trinajstić information content (AvgIpc) is 2.40. The molecule has 0 bridgehead atoms. The van der Waals surface area contributed by atoms with E-state index in [1.807, 2.05) is 6.07 Å². The van der Waals surface area contributed by atoms with Crippen LogP contribution in [0.15, 0.2) is 36.4 Å². The normalized spacial score (nSPS) is 9.85. The lowest BCUT2D eigenvalue weighted by atomic mass is 10.1. The van der Waals surface area contributed by atoms with Gasteiger partial charge < -0.3 is 11.1 Å². The molecular formula is C15H12FN3O. The van der Waals surface area contributed by atoms with Crippen LogP contribution in [-0.4, -0.2) is 5.91 Å². The largest absolute Gasteiger partial charge is 0.399 e. The van der Waals surface area contributed by atoms with Crippen molar-refractivity contribution < 1.29 is 9.18 Å². The van der Waals surface area contributed by atoms with Gasteiger partial charge in [-0.2, -0.15) is 5.26 Å². The molecule has 0 fully saturated rings. The Hall–Kier alpha value is -2.87. The Morgan fingerprint density at radius 3 is 2.70 bits per heavy atom. The minimum absolute atomic E-state index is 0.129. The average molecular weight is 269 g/mol. The summed E-state index contributed by atoms with van der Waals surface area (Å²) in [6, 6.07) is 10.6. The number of benzene rings is 2. The summed E-state index contributed by atoms with van der Waals surface area (Å²) < 4.78 is 13.2. The maximum Gasteiger partial charge on any atom is 0.255 e. The van der Waals surface area contributed by atoms with E-state index in [0.29, 0.717) is 11.3 Å². The van der Waals surface area contributed by atoms with Gasteiger partial charge in [0.05, 0.1) is 11.6 Å². The molecule has 0 aliphatic rings. The third kappa shape index (κ3) is 2.93. The second-order valence-electron chi connectivity index (χ2n) is 4.37. The maximum absolute atomic E-state index is 13.2. The van der Waals surface area contributed by atoms with Crippen molar-refractivity contribution in [2.75, 3.05) is 11.1 Å². The van der Waals surface area contributed by atoms with Gasteiger partial charge in [-0.15, -0.1) is 0 Å². The molecule has 0 saturated carbocycles. The van der Waals surface area contributed by atoms with Crippen molar-refractivity contribution in [2.45, 2.75) is 6.92 Å². The summed E-state index contributed by atoms with van der Waals surface area (Å²) in [7, 11) is 0. The number of nitriles is 1. The quantitative estimate of drug-likeness (QED) is 0.823.